The maximum Gasteiger partial charge on any atom is 0.304 e. The van der Waals surface area contributed by atoms with Crippen LogP contribution >= 0.6 is 0 Å². The number of hydrogen-bond donors (Lipinski definition) is 1. The zero-order chi connectivity index (χ0) is 15.5. The summed E-state index contributed by atoms with van der Waals surface area (Å²) in [6.07, 6.45) is 0.163. The number of rotatable bonds is 5. The average molecular weight is 294 g/mol. The topological polar surface area (TPSA) is 53.4 Å². The molecule has 0 amide bonds. The Hall–Kier alpha value is -2.46. The van der Waals surface area contributed by atoms with Gasteiger partial charge in [-0.2, -0.15) is 0 Å². The first-order valence-electron chi connectivity index (χ1n) is 7.30. The van der Waals surface area contributed by atoms with E-state index in [1.165, 1.54) is 0 Å². The van der Waals surface area contributed by atoms with Crippen molar-refractivity contribution in [2.75, 3.05) is 13.6 Å². The normalized spacial score (nSPS) is 11.4. The number of para-hydroxylation sites is 1. The Morgan fingerprint density at radius 2 is 1.86 bits per heavy atom. The average Bonchev–Trinajstić information content (AvgIpc) is 2.51. The van der Waals surface area contributed by atoms with Gasteiger partial charge in [-0.25, -0.2) is 4.98 Å². The molecule has 0 spiro atoms. The Labute approximate surface area is 129 Å². The number of benzene rings is 2. The number of aliphatic carboxylic acids is 1. The zero-order valence-corrected chi connectivity index (χ0v) is 12.5. The number of pyridine rings is 1. The zero-order valence-electron chi connectivity index (χ0n) is 12.5. The Bertz CT molecular complexity index is 830. The minimum absolute atomic E-state index is 0.163. The van der Waals surface area contributed by atoms with Crippen LogP contribution in [0, 0.1) is 0 Å². The second kappa shape index (κ2) is 6.12. The van der Waals surface area contributed by atoms with Gasteiger partial charge in [0, 0.05) is 23.9 Å². The van der Waals surface area contributed by atoms with Crippen molar-refractivity contribution in [2.24, 2.45) is 0 Å². The lowest BCUT2D eigenvalue weighted by molar-refractivity contribution is -0.137. The molecule has 4 nitrogen and oxygen atoms in total. The van der Waals surface area contributed by atoms with Crippen LogP contribution in [0.1, 0.15) is 12.0 Å². The van der Waals surface area contributed by atoms with Crippen molar-refractivity contribution in [3.05, 3.63) is 54.1 Å². The molecule has 1 N–H and O–H groups in total. The summed E-state index contributed by atoms with van der Waals surface area (Å²) in [5.74, 6) is -0.763. The molecule has 2 aromatic carbocycles. The summed E-state index contributed by atoms with van der Waals surface area (Å²) in [4.78, 5) is 17.3. The molecule has 0 aliphatic rings. The van der Waals surface area contributed by atoms with Gasteiger partial charge in [0.1, 0.15) is 0 Å². The number of fused-ring (bicyclic) bond motifs is 2. The first-order chi connectivity index (χ1) is 10.6. The largest absolute Gasteiger partial charge is 0.481 e. The van der Waals surface area contributed by atoms with Crippen LogP contribution in [0.25, 0.3) is 21.8 Å². The van der Waals surface area contributed by atoms with Crippen LogP contribution in [0.15, 0.2) is 48.5 Å². The lowest BCUT2D eigenvalue weighted by atomic mass is 10.1. The van der Waals surface area contributed by atoms with E-state index in [1.807, 2.05) is 36.2 Å². The predicted octanol–water partition coefficient (Wildman–Crippen LogP) is 3.29. The van der Waals surface area contributed by atoms with Crippen LogP contribution in [0.5, 0.6) is 0 Å². The van der Waals surface area contributed by atoms with Crippen molar-refractivity contribution < 1.29 is 9.90 Å². The number of hydrogen-bond acceptors (Lipinski definition) is 3. The lowest BCUT2D eigenvalue weighted by Crippen LogP contribution is -2.21. The fourth-order valence-corrected chi connectivity index (χ4v) is 2.61. The number of carbonyl (C=O) groups is 1. The highest BCUT2D eigenvalue weighted by Crippen LogP contribution is 2.21. The molecule has 0 fully saturated rings. The first-order valence-corrected chi connectivity index (χ1v) is 7.30. The highest BCUT2D eigenvalue weighted by Gasteiger charge is 2.05. The molecule has 1 aromatic heterocycles. The Morgan fingerprint density at radius 1 is 1.09 bits per heavy atom. The van der Waals surface area contributed by atoms with Crippen LogP contribution in [0.4, 0.5) is 0 Å². The molecule has 22 heavy (non-hydrogen) atoms. The summed E-state index contributed by atoms with van der Waals surface area (Å²) in [5, 5.41) is 11.0. The summed E-state index contributed by atoms with van der Waals surface area (Å²) in [6.45, 7) is 1.28. The third-order valence-corrected chi connectivity index (χ3v) is 3.74. The molecule has 3 rings (SSSR count). The number of carboxylic acid groups (broad SMARTS) is 1. The van der Waals surface area contributed by atoms with Crippen molar-refractivity contribution >= 4 is 27.8 Å². The van der Waals surface area contributed by atoms with E-state index in [1.54, 1.807) is 0 Å². The Morgan fingerprint density at radius 3 is 2.68 bits per heavy atom. The van der Waals surface area contributed by atoms with Gasteiger partial charge < -0.3 is 10.0 Å². The summed E-state index contributed by atoms with van der Waals surface area (Å²) >= 11 is 0. The van der Waals surface area contributed by atoms with Gasteiger partial charge in [-0.05, 0) is 36.9 Å². The van der Waals surface area contributed by atoms with Crippen LogP contribution in [-0.2, 0) is 11.3 Å². The molecule has 3 aromatic rings. The SMILES string of the molecule is CN(CCC(=O)O)Cc1ccc2nc3ccccc3cc2c1. The molecular formula is C18H18N2O2. The fraction of sp³-hybridized carbons (Fsp3) is 0.222. The molecule has 0 bridgehead atoms. The van der Waals surface area contributed by atoms with Crippen molar-refractivity contribution in [3.63, 3.8) is 0 Å². The molecule has 0 aliphatic carbocycles. The molecule has 1 heterocycles. The summed E-state index contributed by atoms with van der Waals surface area (Å²) in [7, 11) is 1.94. The van der Waals surface area contributed by atoms with E-state index in [0.29, 0.717) is 6.54 Å². The van der Waals surface area contributed by atoms with E-state index in [9.17, 15) is 4.79 Å². The summed E-state index contributed by atoms with van der Waals surface area (Å²) in [6, 6.07) is 16.5. The first kappa shape index (κ1) is 14.5. The fourth-order valence-electron chi connectivity index (χ4n) is 2.61. The third-order valence-electron chi connectivity index (χ3n) is 3.74. The second-order valence-electron chi connectivity index (χ2n) is 5.59. The van der Waals surface area contributed by atoms with E-state index in [4.69, 9.17) is 5.11 Å². The monoisotopic (exact) mass is 294 g/mol. The highest BCUT2D eigenvalue weighted by molar-refractivity contribution is 5.92. The van der Waals surface area contributed by atoms with E-state index in [2.05, 4.69) is 29.2 Å². The van der Waals surface area contributed by atoms with Crippen molar-refractivity contribution in [1.82, 2.24) is 9.88 Å². The number of nitrogens with zero attached hydrogens (tertiary/aromatic N) is 2. The molecule has 4 heteroatoms. The van der Waals surface area contributed by atoms with Crippen LogP contribution in [-0.4, -0.2) is 34.6 Å². The van der Waals surface area contributed by atoms with Crippen LogP contribution in [0.2, 0.25) is 0 Å². The second-order valence-corrected chi connectivity index (χ2v) is 5.59. The van der Waals surface area contributed by atoms with E-state index in [0.717, 1.165) is 33.9 Å². The highest BCUT2D eigenvalue weighted by atomic mass is 16.4. The lowest BCUT2D eigenvalue weighted by Gasteiger charge is -2.15. The van der Waals surface area contributed by atoms with Gasteiger partial charge in [-0.3, -0.25) is 4.79 Å². The van der Waals surface area contributed by atoms with E-state index in [-0.39, 0.29) is 6.42 Å². The van der Waals surface area contributed by atoms with Gasteiger partial charge in [-0.1, -0.05) is 24.3 Å². The van der Waals surface area contributed by atoms with Gasteiger partial charge in [0.05, 0.1) is 17.5 Å². The Kier molecular flexibility index (Phi) is 4.02. The maximum atomic E-state index is 10.6. The third kappa shape index (κ3) is 3.23. The molecule has 0 radical (unpaired) electrons. The van der Waals surface area contributed by atoms with Crippen LogP contribution in [0.3, 0.4) is 0 Å². The maximum absolute atomic E-state index is 10.6. The van der Waals surface area contributed by atoms with Gasteiger partial charge >= 0.3 is 5.97 Å². The van der Waals surface area contributed by atoms with Crippen molar-refractivity contribution in [2.45, 2.75) is 13.0 Å². The predicted molar refractivity (Wildman–Crippen MR) is 87.8 cm³/mol. The quantitative estimate of drug-likeness (QED) is 0.734. The summed E-state index contributed by atoms with van der Waals surface area (Å²) in [5.41, 5.74) is 3.15. The van der Waals surface area contributed by atoms with E-state index < -0.39 is 5.97 Å². The number of aromatic nitrogens is 1. The van der Waals surface area contributed by atoms with Gasteiger partial charge in [0.2, 0.25) is 0 Å². The molecule has 0 atom stereocenters. The minimum Gasteiger partial charge on any atom is -0.481 e. The smallest absolute Gasteiger partial charge is 0.304 e. The molecule has 112 valence electrons. The molecular weight excluding hydrogens is 276 g/mol. The Balaban J connectivity index is 1.85. The number of carboxylic acids is 1. The molecule has 0 aliphatic heterocycles. The van der Waals surface area contributed by atoms with E-state index >= 15 is 0 Å². The van der Waals surface area contributed by atoms with Crippen molar-refractivity contribution in [3.8, 4) is 0 Å². The standard InChI is InChI=1S/C18H18N2O2/c1-20(9-8-18(21)22)12-13-6-7-17-15(10-13)11-14-4-2-3-5-16(14)19-17/h2-7,10-11H,8-9,12H2,1H3,(H,21,22). The minimum atomic E-state index is -0.763. The van der Waals surface area contributed by atoms with Crippen LogP contribution < -0.4 is 0 Å². The van der Waals surface area contributed by atoms with Gasteiger partial charge in [0.25, 0.3) is 0 Å². The summed E-state index contributed by atoms with van der Waals surface area (Å²) < 4.78 is 0. The van der Waals surface area contributed by atoms with Gasteiger partial charge in [0.15, 0.2) is 0 Å². The molecule has 0 unspecified atom stereocenters. The molecule has 0 saturated heterocycles. The molecule has 0 saturated carbocycles. The van der Waals surface area contributed by atoms with Gasteiger partial charge in [-0.15, -0.1) is 0 Å². The van der Waals surface area contributed by atoms with Crippen molar-refractivity contribution in [1.29, 1.82) is 0 Å².